The first-order valence-electron chi connectivity index (χ1n) is 9.52. The molecule has 4 aromatic rings. The molecule has 0 fully saturated rings. The summed E-state index contributed by atoms with van der Waals surface area (Å²) in [5.41, 5.74) is 5.84. The number of nitrogens with zero attached hydrogens (tertiary/aromatic N) is 2. The van der Waals surface area contributed by atoms with Crippen LogP contribution in [0.5, 0.6) is 0 Å². The Labute approximate surface area is 167 Å². The standard InChI is InChI=1S/C23H21N3OS/c1-14-7-9-17(10-8-14)20-15(2)28-23-21(20)22(27)24-19(25-23)13-26-12-11-16-5-3-4-6-18(16)26/h3-10H,11-13H2,1-2H3,(H,24,25,27). The lowest BCUT2D eigenvalue weighted by molar-refractivity contribution is 0.788. The van der Waals surface area contributed by atoms with Crippen molar-refractivity contribution in [1.82, 2.24) is 9.97 Å². The van der Waals surface area contributed by atoms with Crippen molar-refractivity contribution in [2.75, 3.05) is 11.4 Å². The van der Waals surface area contributed by atoms with Gasteiger partial charge in [-0.2, -0.15) is 0 Å². The minimum Gasteiger partial charge on any atom is -0.364 e. The second kappa shape index (κ2) is 6.60. The lowest BCUT2D eigenvalue weighted by Gasteiger charge is -2.18. The van der Waals surface area contributed by atoms with E-state index in [0.717, 1.165) is 39.6 Å². The maximum atomic E-state index is 13.0. The van der Waals surface area contributed by atoms with Crippen LogP contribution < -0.4 is 10.5 Å². The van der Waals surface area contributed by atoms with Crippen LogP contribution in [0.25, 0.3) is 21.3 Å². The Morgan fingerprint density at radius 3 is 2.71 bits per heavy atom. The molecule has 5 heteroatoms. The highest BCUT2D eigenvalue weighted by Gasteiger charge is 2.21. The number of anilines is 1. The number of para-hydroxylation sites is 1. The molecule has 1 aliphatic heterocycles. The summed E-state index contributed by atoms with van der Waals surface area (Å²) in [5, 5.41) is 0.705. The second-order valence-electron chi connectivity index (χ2n) is 7.39. The first-order chi connectivity index (χ1) is 13.6. The molecule has 1 N–H and O–H groups in total. The first kappa shape index (κ1) is 17.2. The molecule has 0 unspecified atom stereocenters. The molecule has 28 heavy (non-hydrogen) atoms. The third-order valence-corrected chi connectivity index (χ3v) is 6.45. The van der Waals surface area contributed by atoms with Crippen molar-refractivity contribution in [3.8, 4) is 11.1 Å². The van der Waals surface area contributed by atoms with Gasteiger partial charge in [0.15, 0.2) is 0 Å². The molecule has 2 aromatic carbocycles. The smallest absolute Gasteiger partial charge is 0.260 e. The number of thiophene rings is 1. The first-order valence-corrected chi connectivity index (χ1v) is 10.3. The normalized spacial score (nSPS) is 13.3. The molecular weight excluding hydrogens is 366 g/mol. The monoisotopic (exact) mass is 387 g/mol. The number of nitrogens with one attached hydrogen (secondary N) is 1. The molecule has 5 rings (SSSR count). The Morgan fingerprint density at radius 2 is 1.89 bits per heavy atom. The van der Waals surface area contributed by atoms with Gasteiger partial charge in [-0.05, 0) is 37.5 Å². The number of H-pyrrole nitrogens is 1. The van der Waals surface area contributed by atoms with Gasteiger partial charge in [0.05, 0.1) is 11.9 Å². The number of aryl methyl sites for hydroxylation is 2. The van der Waals surface area contributed by atoms with E-state index in [4.69, 9.17) is 4.98 Å². The quantitative estimate of drug-likeness (QED) is 0.548. The maximum Gasteiger partial charge on any atom is 0.260 e. The minimum atomic E-state index is -0.0487. The van der Waals surface area contributed by atoms with Crippen LogP contribution in [0.1, 0.15) is 21.8 Å². The number of hydrogen-bond acceptors (Lipinski definition) is 4. The second-order valence-corrected chi connectivity index (χ2v) is 8.60. The van der Waals surface area contributed by atoms with Gasteiger partial charge in [-0.15, -0.1) is 11.3 Å². The topological polar surface area (TPSA) is 49.0 Å². The molecule has 3 heterocycles. The third kappa shape index (κ3) is 2.83. The zero-order chi connectivity index (χ0) is 19.3. The van der Waals surface area contributed by atoms with Gasteiger partial charge >= 0.3 is 0 Å². The fourth-order valence-electron chi connectivity index (χ4n) is 4.06. The molecule has 2 aromatic heterocycles. The molecule has 0 amide bonds. The number of rotatable bonds is 3. The van der Waals surface area contributed by atoms with Crippen molar-refractivity contribution in [1.29, 1.82) is 0 Å². The summed E-state index contributed by atoms with van der Waals surface area (Å²) in [6, 6.07) is 16.8. The van der Waals surface area contributed by atoms with Crippen molar-refractivity contribution in [3.63, 3.8) is 0 Å². The molecule has 0 spiro atoms. The van der Waals surface area contributed by atoms with Crippen LogP contribution in [-0.2, 0) is 13.0 Å². The van der Waals surface area contributed by atoms with Gasteiger partial charge < -0.3 is 9.88 Å². The molecule has 4 nitrogen and oxygen atoms in total. The van der Waals surface area contributed by atoms with E-state index in [1.54, 1.807) is 11.3 Å². The van der Waals surface area contributed by atoms with E-state index < -0.39 is 0 Å². The lowest BCUT2D eigenvalue weighted by Crippen LogP contribution is -2.23. The Kier molecular flexibility index (Phi) is 4.05. The molecule has 0 atom stereocenters. The summed E-state index contributed by atoms with van der Waals surface area (Å²) in [4.78, 5) is 25.1. The number of aromatic nitrogens is 2. The Morgan fingerprint density at radius 1 is 1.11 bits per heavy atom. The van der Waals surface area contributed by atoms with Crippen molar-refractivity contribution in [3.05, 3.63) is 80.7 Å². The highest BCUT2D eigenvalue weighted by atomic mass is 32.1. The summed E-state index contributed by atoms with van der Waals surface area (Å²) < 4.78 is 0. The van der Waals surface area contributed by atoms with E-state index in [1.165, 1.54) is 16.8 Å². The predicted octanol–water partition coefficient (Wildman–Crippen LogP) is 4.83. The molecule has 0 saturated carbocycles. The zero-order valence-corrected chi connectivity index (χ0v) is 16.8. The number of fused-ring (bicyclic) bond motifs is 2. The SMILES string of the molecule is Cc1ccc(-c2c(C)sc3nc(CN4CCc5ccccc54)[nH]c(=O)c23)cc1. The highest BCUT2D eigenvalue weighted by molar-refractivity contribution is 7.19. The average Bonchev–Trinajstić information content (AvgIpc) is 3.23. The fourth-order valence-corrected chi connectivity index (χ4v) is 5.12. The van der Waals surface area contributed by atoms with Gasteiger partial charge in [0.2, 0.25) is 0 Å². The van der Waals surface area contributed by atoms with Crippen LogP contribution in [0, 0.1) is 13.8 Å². The summed E-state index contributed by atoms with van der Waals surface area (Å²) in [5.74, 6) is 0.728. The molecule has 0 saturated heterocycles. The summed E-state index contributed by atoms with van der Waals surface area (Å²) >= 11 is 1.60. The van der Waals surface area contributed by atoms with Crippen LogP contribution in [-0.4, -0.2) is 16.5 Å². The largest absolute Gasteiger partial charge is 0.364 e. The van der Waals surface area contributed by atoms with Crippen molar-refractivity contribution in [2.24, 2.45) is 0 Å². The van der Waals surface area contributed by atoms with E-state index in [0.29, 0.717) is 11.9 Å². The summed E-state index contributed by atoms with van der Waals surface area (Å²) in [7, 11) is 0. The number of aromatic amines is 1. The van der Waals surface area contributed by atoms with Gasteiger partial charge in [0, 0.05) is 22.7 Å². The Bertz CT molecular complexity index is 1240. The van der Waals surface area contributed by atoms with Crippen molar-refractivity contribution >= 4 is 27.2 Å². The van der Waals surface area contributed by atoms with Gasteiger partial charge in [-0.1, -0.05) is 48.0 Å². The van der Waals surface area contributed by atoms with E-state index in [2.05, 4.69) is 72.3 Å². The van der Waals surface area contributed by atoms with Crippen LogP contribution in [0.3, 0.4) is 0 Å². The lowest BCUT2D eigenvalue weighted by atomic mass is 10.0. The van der Waals surface area contributed by atoms with E-state index in [1.807, 2.05) is 0 Å². The van der Waals surface area contributed by atoms with Gasteiger partial charge in [-0.3, -0.25) is 4.79 Å². The van der Waals surface area contributed by atoms with Crippen LogP contribution >= 0.6 is 11.3 Å². The van der Waals surface area contributed by atoms with E-state index >= 15 is 0 Å². The fraction of sp³-hybridized carbons (Fsp3) is 0.217. The van der Waals surface area contributed by atoms with Crippen LogP contribution in [0.4, 0.5) is 5.69 Å². The van der Waals surface area contributed by atoms with Crippen LogP contribution in [0.15, 0.2) is 53.3 Å². The van der Waals surface area contributed by atoms with Gasteiger partial charge in [0.1, 0.15) is 10.7 Å². The molecule has 1 aliphatic rings. The van der Waals surface area contributed by atoms with E-state index in [-0.39, 0.29) is 5.56 Å². The highest BCUT2D eigenvalue weighted by Crippen LogP contribution is 2.36. The van der Waals surface area contributed by atoms with Crippen LogP contribution in [0.2, 0.25) is 0 Å². The van der Waals surface area contributed by atoms with Crippen molar-refractivity contribution in [2.45, 2.75) is 26.8 Å². The average molecular weight is 388 g/mol. The molecule has 0 radical (unpaired) electrons. The summed E-state index contributed by atoms with van der Waals surface area (Å²) in [6.45, 7) is 5.72. The number of hydrogen-bond donors (Lipinski definition) is 1. The van der Waals surface area contributed by atoms with Gasteiger partial charge in [0.25, 0.3) is 5.56 Å². The van der Waals surface area contributed by atoms with E-state index in [9.17, 15) is 4.79 Å². The maximum absolute atomic E-state index is 13.0. The van der Waals surface area contributed by atoms with Gasteiger partial charge in [-0.25, -0.2) is 4.98 Å². The third-order valence-electron chi connectivity index (χ3n) is 5.45. The Hall–Kier alpha value is -2.92. The summed E-state index contributed by atoms with van der Waals surface area (Å²) in [6.07, 6.45) is 1.04. The van der Waals surface area contributed by atoms with Crippen molar-refractivity contribution < 1.29 is 0 Å². The molecule has 0 bridgehead atoms. The minimum absolute atomic E-state index is 0.0487. The predicted molar refractivity (Wildman–Crippen MR) is 116 cm³/mol. The molecule has 0 aliphatic carbocycles. The molecular formula is C23H21N3OS. The number of benzene rings is 2. The molecule has 140 valence electrons. The zero-order valence-electron chi connectivity index (χ0n) is 16.0. The Balaban J connectivity index is 1.56.